The fraction of sp³-hybridized carbons (Fsp3) is 0.250. The van der Waals surface area contributed by atoms with Crippen molar-refractivity contribution in [1.29, 1.82) is 0 Å². The van der Waals surface area contributed by atoms with Gasteiger partial charge in [-0.05, 0) is 29.8 Å². The Kier molecular flexibility index (Phi) is 8.31. The summed E-state index contributed by atoms with van der Waals surface area (Å²) in [4.78, 5) is 8.35. The van der Waals surface area contributed by atoms with Crippen molar-refractivity contribution in [3.63, 3.8) is 0 Å². The normalized spacial score (nSPS) is 10.8. The molecule has 0 spiro atoms. The lowest BCUT2D eigenvalue weighted by Gasteiger charge is -2.12. The molecule has 0 atom stereocenters. The van der Waals surface area contributed by atoms with Crippen LogP contribution in [-0.2, 0) is 13.0 Å². The molecule has 0 radical (unpaired) electrons. The molecule has 0 aliphatic rings. The van der Waals surface area contributed by atoms with Gasteiger partial charge in [0, 0.05) is 38.4 Å². The van der Waals surface area contributed by atoms with E-state index < -0.39 is 5.82 Å². The maximum Gasteiger partial charge on any atom is 0.191 e. The molecule has 3 N–H and O–H groups in total. The second kappa shape index (κ2) is 9.98. The minimum Gasteiger partial charge on any atom is -0.505 e. The van der Waals surface area contributed by atoms with Gasteiger partial charge in [0.05, 0.1) is 0 Å². The minimum absolute atomic E-state index is 0. The fourth-order valence-corrected chi connectivity index (χ4v) is 1.92. The van der Waals surface area contributed by atoms with Crippen LogP contribution in [0.3, 0.4) is 0 Å². The average molecular weight is 430 g/mol. The van der Waals surface area contributed by atoms with Crippen molar-refractivity contribution in [1.82, 2.24) is 15.6 Å². The lowest BCUT2D eigenvalue weighted by molar-refractivity contribution is 0.431. The zero-order valence-corrected chi connectivity index (χ0v) is 15.1. The van der Waals surface area contributed by atoms with Crippen molar-refractivity contribution < 1.29 is 9.50 Å². The number of hydrogen-bond acceptors (Lipinski definition) is 3. The largest absolute Gasteiger partial charge is 0.505 e. The van der Waals surface area contributed by atoms with Crippen LogP contribution in [0.25, 0.3) is 0 Å². The van der Waals surface area contributed by atoms with E-state index in [1.54, 1.807) is 19.3 Å². The zero-order valence-electron chi connectivity index (χ0n) is 12.8. The van der Waals surface area contributed by atoms with Gasteiger partial charge in [0.1, 0.15) is 0 Å². The topological polar surface area (TPSA) is 69.5 Å². The second-order valence-electron chi connectivity index (χ2n) is 4.71. The summed E-state index contributed by atoms with van der Waals surface area (Å²) < 4.78 is 13.2. The predicted octanol–water partition coefficient (Wildman–Crippen LogP) is 2.45. The van der Waals surface area contributed by atoms with Gasteiger partial charge >= 0.3 is 0 Å². The van der Waals surface area contributed by atoms with Crippen molar-refractivity contribution in [2.45, 2.75) is 13.0 Å². The first-order valence-corrected chi connectivity index (χ1v) is 7.01. The summed E-state index contributed by atoms with van der Waals surface area (Å²) in [6.45, 7) is 1.11. The number of benzene rings is 1. The number of aromatic nitrogens is 1. The Morgan fingerprint density at radius 3 is 2.74 bits per heavy atom. The lowest BCUT2D eigenvalue weighted by Crippen LogP contribution is -2.37. The smallest absolute Gasteiger partial charge is 0.191 e. The summed E-state index contributed by atoms with van der Waals surface area (Å²) in [7, 11) is 1.67. The van der Waals surface area contributed by atoms with Gasteiger partial charge in [-0.2, -0.15) is 0 Å². The van der Waals surface area contributed by atoms with Crippen LogP contribution in [0.1, 0.15) is 11.3 Å². The van der Waals surface area contributed by atoms with Gasteiger partial charge in [-0.25, -0.2) is 4.39 Å². The Morgan fingerprint density at radius 2 is 2.09 bits per heavy atom. The number of rotatable bonds is 5. The number of phenols is 1. The Balaban J connectivity index is 0.00000264. The van der Waals surface area contributed by atoms with E-state index in [4.69, 9.17) is 5.11 Å². The molecule has 0 amide bonds. The molecule has 0 saturated heterocycles. The van der Waals surface area contributed by atoms with Crippen LogP contribution in [-0.4, -0.2) is 29.6 Å². The number of pyridine rings is 1. The van der Waals surface area contributed by atoms with E-state index in [0.717, 1.165) is 17.7 Å². The van der Waals surface area contributed by atoms with Gasteiger partial charge in [0.2, 0.25) is 0 Å². The van der Waals surface area contributed by atoms with Crippen molar-refractivity contribution in [2.75, 3.05) is 13.6 Å². The number of halogens is 2. The minimum atomic E-state index is -0.627. The number of aromatic hydroxyl groups is 1. The molecule has 23 heavy (non-hydrogen) atoms. The summed E-state index contributed by atoms with van der Waals surface area (Å²) in [6, 6.07) is 10.1. The molecule has 0 unspecified atom stereocenters. The number of aliphatic imine (C=N–C) groups is 1. The highest BCUT2D eigenvalue weighted by molar-refractivity contribution is 14.0. The third kappa shape index (κ3) is 6.39. The van der Waals surface area contributed by atoms with E-state index in [9.17, 15) is 4.39 Å². The van der Waals surface area contributed by atoms with E-state index in [0.29, 0.717) is 19.0 Å². The molecule has 124 valence electrons. The summed E-state index contributed by atoms with van der Waals surface area (Å²) in [6.07, 6.45) is 2.55. The molecule has 1 heterocycles. The first-order chi connectivity index (χ1) is 10.7. The molecule has 0 saturated carbocycles. The van der Waals surface area contributed by atoms with E-state index >= 15 is 0 Å². The highest BCUT2D eigenvalue weighted by atomic mass is 127. The maximum atomic E-state index is 13.2. The monoisotopic (exact) mass is 430 g/mol. The van der Waals surface area contributed by atoms with Crippen LogP contribution in [0.5, 0.6) is 5.75 Å². The number of phenolic OH excluding ortho intramolecular Hbond substituents is 1. The summed E-state index contributed by atoms with van der Waals surface area (Å²) in [5.74, 6) is -0.344. The van der Waals surface area contributed by atoms with Crippen molar-refractivity contribution in [2.24, 2.45) is 4.99 Å². The molecule has 0 aliphatic heterocycles. The van der Waals surface area contributed by atoms with Crippen molar-refractivity contribution in [3.8, 4) is 5.75 Å². The van der Waals surface area contributed by atoms with Gasteiger partial charge in [0.25, 0.3) is 0 Å². The fourth-order valence-electron chi connectivity index (χ4n) is 1.92. The standard InChI is InChI=1S/C16H19FN4O.HI/c1-18-16(20-9-7-13-4-2-3-8-19-13)21-11-12-5-6-15(22)14(17)10-12;/h2-6,8,10,22H,7,9,11H2,1H3,(H2,18,20,21);1H. The molecule has 0 fully saturated rings. The number of hydrogen-bond donors (Lipinski definition) is 3. The van der Waals surface area contributed by atoms with E-state index in [1.807, 2.05) is 18.2 Å². The Labute approximate surface area is 152 Å². The molecule has 5 nitrogen and oxygen atoms in total. The molecular weight excluding hydrogens is 410 g/mol. The first kappa shape index (κ1) is 19.1. The highest BCUT2D eigenvalue weighted by Crippen LogP contribution is 2.15. The second-order valence-corrected chi connectivity index (χ2v) is 4.71. The Morgan fingerprint density at radius 1 is 1.26 bits per heavy atom. The maximum absolute atomic E-state index is 13.2. The lowest BCUT2D eigenvalue weighted by atomic mass is 10.2. The van der Waals surface area contributed by atoms with Gasteiger partial charge in [-0.1, -0.05) is 12.1 Å². The molecule has 2 aromatic rings. The van der Waals surface area contributed by atoms with Gasteiger partial charge in [-0.15, -0.1) is 24.0 Å². The van der Waals surface area contributed by atoms with Crippen LogP contribution in [0.4, 0.5) is 4.39 Å². The molecule has 1 aromatic carbocycles. The van der Waals surface area contributed by atoms with E-state index in [2.05, 4.69) is 20.6 Å². The molecular formula is C16H20FIN4O. The van der Waals surface area contributed by atoms with Crippen LogP contribution in [0, 0.1) is 5.82 Å². The first-order valence-electron chi connectivity index (χ1n) is 7.01. The van der Waals surface area contributed by atoms with E-state index in [1.165, 1.54) is 12.1 Å². The third-order valence-electron chi connectivity index (χ3n) is 3.10. The number of nitrogens with one attached hydrogen (secondary N) is 2. The number of nitrogens with zero attached hydrogens (tertiary/aromatic N) is 2. The van der Waals surface area contributed by atoms with Crippen LogP contribution in [0.15, 0.2) is 47.6 Å². The highest BCUT2D eigenvalue weighted by Gasteiger charge is 2.03. The molecule has 1 aromatic heterocycles. The van der Waals surface area contributed by atoms with Crippen LogP contribution in [0.2, 0.25) is 0 Å². The third-order valence-corrected chi connectivity index (χ3v) is 3.10. The van der Waals surface area contributed by atoms with Crippen molar-refractivity contribution >= 4 is 29.9 Å². The Hall–Kier alpha value is -1.90. The number of guanidine groups is 1. The summed E-state index contributed by atoms with van der Waals surface area (Å²) in [5, 5.41) is 15.4. The van der Waals surface area contributed by atoms with Gasteiger partial charge in [-0.3, -0.25) is 9.98 Å². The van der Waals surface area contributed by atoms with E-state index in [-0.39, 0.29) is 29.7 Å². The summed E-state index contributed by atoms with van der Waals surface area (Å²) in [5.41, 5.74) is 1.73. The summed E-state index contributed by atoms with van der Waals surface area (Å²) >= 11 is 0. The van der Waals surface area contributed by atoms with Crippen molar-refractivity contribution in [3.05, 3.63) is 59.7 Å². The Bertz CT molecular complexity index is 637. The molecule has 7 heteroatoms. The predicted molar refractivity (Wildman–Crippen MR) is 99.6 cm³/mol. The molecule has 2 rings (SSSR count). The average Bonchev–Trinajstić information content (AvgIpc) is 2.55. The van der Waals surface area contributed by atoms with Crippen LogP contribution < -0.4 is 10.6 Å². The molecule has 0 aliphatic carbocycles. The zero-order chi connectivity index (χ0) is 15.8. The SMILES string of the molecule is CN=C(NCCc1ccccn1)NCc1ccc(O)c(F)c1.I. The van der Waals surface area contributed by atoms with Gasteiger partial charge < -0.3 is 15.7 Å². The molecule has 0 bridgehead atoms. The quantitative estimate of drug-likeness (QED) is 0.387. The van der Waals surface area contributed by atoms with Gasteiger partial charge in [0.15, 0.2) is 17.5 Å². The van der Waals surface area contributed by atoms with Crippen LogP contribution >= 0.6 is 24.0 Å².